The van der Waals surface area contributed by atoms with Crippen molar-refractivity contribution in [2.45, 2.75) is 6.92 Å². The van der Waals surface area contributed by atoms with E-state index in [1.807, 2.05) is 36.2 Å². The summed E-state index contributed by atoms with van der Waals surface area (Å²) in [5.74, 6) is 0.00599. The summed E-state index contributed by atoms with van der Waals surface area (Å²) < 4.78 is 41.7. The smallest absolute Gasteiger partial charge is 0.297 e. The number of fused-ring (bicyclic) bond motifs is 1. The fourth-order valence-electron chi connectivity index (χ4n) is 2.54. The molecule has 0 bridgehead atoms. The van der Waals surface area contributed by atoms with Gasteiger partial charge in [0.15, 0.2) is 11.5 Å². The van der Waals surface area contributed by atoms with Gasteiger partial charge in [-0.3, -0.25) is 14.2 Å². The Morgan fingerprint density at radius 2 is 2.00 bits per heavy atom. The van der Waals surface area contributed by atoms with Crippen LogP contribution in [-0.4, -0.2) is 48.3 Å². The van der Waals surface area contributed by atoms with Crippen molar-refractivity contribution in [2.75, 3.05) is 24.2 Å². The summed E-state index contributed by atoms with van der Waals surface area (Å²) in [6.07, 6.45) is 1.64. The molecular weight excluding hydrogens is 380 g/mol. The molecule has 0 unspecified atom stereocenters. The van der Waals surface area contributed by atoms with E-state index in [2.05, 4.69) is 0 Å². The molecule has 1 aromatic carbocycles. The number of allylic oxidation sites excluding steroid dienone is 2. The lowest BCUT2D eigenvalue weighted by Gasteiger charge is -2.11. The minimum Gasteiger partial charge on any atom is -0.439 e. The maximum absolute atomic E-state index is 12.4. The summed E-state index contributed by atoms with van der Waals surface area (Å²) in [6, 6.07) is 7.48. The number of anilines is 1. The van der Waals surface area contributed by atoms with Gasteiger partial charge in [-0.2, -0.15) is 8.42 Å². The number of ether oxygens (including phenoxy) is 2. The number of carbonyl (C=O) groups is 1. The van der Waals surface area contributed by atoms with E-state index < -0.39 is 21.8 Å². The summed E-state index contributed by atoms with van der Waals surface area (Å²) in [4.78, 5) is 15.3. The quantitative estimate of drug-likeness (QED) is 0.466. The lowest BCUT2D eigenvalue weighted by atomic mass is 10.2. The molecular formula is C16H16N2O6S2. The van der Waals surface area contributed by atoms with Crippen LogP contribution >= 0.6 is 12.2 Å². The Hall–Kier alpha value is -2.43. The van der Waals surface area contributed by atoms with E-state index in [1.54, 1.807) is 13.0 Å². The Bertz CT molecular complexity index is 951. The Kier molecular flexibility index (Phi) is 4.74. The first-order chi connectivity index (χ1) is 12.2. The number of para-hydroxylation sites is 2. The molecule has 3 rings (SSSR count). The standard InChI is InChI=1S/C16H16N2O6S2/c1-10(9-13-17(2)11-5-3-4-6-12(11)23-13)14-15(19)18(16(25)24-14)7-8-26(20,21)22/h3-6,9H,7-8H2,1-2H3,(H,20,21,22)/b13-9+,14-10-. The van der Waals surface area contributed by atoms with Crippen molar-refractivity contribution in [3.63, 3.8) is 0 Å². The number of hydrogen-bond donors (Lipinski definition) is 1. The van der Waals surface area contributed by atoms with Gasteiger partial charge in [-0.25, -0.2) is 0 Å². The van der Waals surface area contributed by atoms with Crippen LogP contribution in [0.5, 0.6) is 5.75 Å². The summed E-state index contributed by atoms with van der Waals surface area (Å²) in [6.45, 7) is 1.38. The highest BCUT2D eigenvalue weighted by Crippen LogP contribution is 2.38. The zero-order chi connectivity index (χ0) is 19.1. The molecule has 1 amide bonds. The van der Waals surface area contributed by atoms with Crippen molar-refractivity contribution < 1.29 is 27.2 Å². The Morgan fingerprint density at radius 1 is 1.31 bits per heavy atom. The summed E-state index contributed by atoms with van der Waals surface area (Å²) in [7, 11) is -2.39. The van der Waals surface area contributed by atoms with Crippen LogP contribution in [0.3, 0.4) is 0 Å². The maximum atomic E-state index is 12.4. The van der Waals surface area contributed by atoms with E-state index in [0.29, 0.717) is 17.2 Å². The summed E-state index contributed by atoms with van der Waals surface area (Å²) in [5.41, 5.74) is 1.36. The number of thiocarbonyl (C=S) groups is 1. The van der Waals surface area contributed by atoms with Crippen LogP contribution < -0.4 is 9.64 Å². The molecule has 1 saturated heterocycles. The third-order valence-corrected chi connectivity index (χ3v) is 4.89. The van der Waals surface area contributed by atoms with E-state index >= 15 is 0 Å². The zero-order valence-electron chi connectivity index (χ0n) is 14.0. The van der Waals surface area contributed by atoms with E-state index in [1.165, 1.54) is 0 Å². The van der Waals surface area contributed by atoms with Gasteiger partial charge in [0.05, 0.1) is 11.4 Å². The van der Waals surface area contributed by atoms with Crippen molar-refractivity contribution in [1.82, 2.24) is 4.90 Å². The fourth-order valence-corrected chi connectivity index (χ4v) is 3.21. The number of benzene rings is 1. The highest BCUT2D eigenvalue weighted by atomic mass is 32.2. The number of rotatable bonds is 4. The molecule has 10 heteroatoms. The SMILES string of the molecule is CC(/C=C1/Oc2ccccc2N1C)=C1/OC(=S)N(CCS(=O)(=O)O)C1=O. The van der Waals surface area contributed by atoms with E-state index in [-0.39, 0.29) is 17.5 Å². The van der Waals surface area contributed by atoms with Crippen LogP contribution in [0.25, 0.3) is 0 Å². The van der Waals surface area contributed by atoms with E-state index in [9.17, 15) is 13.2 Å². The van der Waals surface area contributed by atoms with Crippen LogP contribution in [0.1, 0.15) is 6.92 Å². The molecule has 2 heterocycles. The molecule has 0 atom stereocenters. The average Bonchev–Trinajstić information content (AvgIpc) is 3.02. The first-order valence-electron chi connectivity index (χ1n) is 7.59. The van der Waals surface area contributed by atoms with Crippen LogP contribution in [0.15, 0.2) is 47.6 Å². The molecule has 0 aromatic heterocycles. The van der Waals surface area contributed by atoms with E-state index in [0.717, 1.165) is 10.6 Å². The topological polar surface area (TPSA) is 96.4 Å². The third kappa shape index (κ3) is 3.57. The lowest BCUT2D eigenvalue weighted by molar-refractivity contribution is -0.122. The third-order valence-electron chi connectivity index (χ3n) is 3.89. The second-order valence-corrected chi connectivity index (χ2v) is 7.66. The molecule has 0 spiro atoms. The molecule has 1 fully saturated rings. The minimum absolute atomic E-state index is 0.00852. The lowest BCUT2D eigenvalue weighted by Crippen LogP contribution is -2.33. The normalized spacial score (nSPS) is 20.3. The molecule has 0 radical (unpaired) electrons. The molecule has 0 aliphatic carbocycles. The summed E-state index contributed by atoms with van der Waals surface area (Å²) in [5, 5.41) is -0.157. The molecule has 1 aromatic rings. The second kappa shape index (κ2) is 6.71. The first-order valence-corrected chi connectivity index (χ1v) is 9.61. The molecule has 1 N–H and O–H groups in total. The second-order valence-electron chi connectivity index (χ2n) is 5.73. The van der Waals surface area contributed by atoms with Crippen molar-refractivity contribution in [2.24, 2.45) is 0 Å². The van der Waals surface area contributed by atoms with Crippen molar-refractivity contribution in [1.29, 1.82) is 0 Å². The van der Waals surface area contributed by atoms with Gasteiger partial charge in [-0.05, 0) is 31.3 Å². The van der Waals surface area contributed by atoms with Crippen LogP contribution in [-0.2, 0) is 19.6 Å². The molecule has 138 valence electrons. The number of hydrogen-bond acceptors (Lipinski definition) is 7. The highest BCUT2D eigenvalue weighted by Gasteiger charge is 2.35. The van der Waals surface area contributed by atoms with Gasteiger partial charge in [0.1, 0.15) is 0 Å². The van der Waals surface area contributed by atoms with Gasteiger partial charge >= 0.3 is 0 Å². The van der Waals surface area contributed by atoms with Crippen LogP contribution in [0, 0.1) is 0 Å². The van der Waals surface area contributed by atoms with E-state index in [4.69, 9.17) is 26.2 Å². The van der Waals surface area contributed by atoms with Gasteiger partial charge in [0.25, 0.3) is 21.2 Å². The average molecular weight is 396 g/mol. The van der Waals surface area contributed by atoms with Crippen molar-refractivity contribution >= 4 is 39.1 Å². The Morgan fingerprint density at radius 3 is 2.65 bits per heavy atom. The van der Waals surface area contributed by atoms with Crippen molar-refractivity contribution in [3.05, 3.63) is 47.6 Å². The monoisotopic (exact) mass is 396 g/mol. The maximum Gasteiger partial charge on any atom is 0.297 e. The summed E-state index contributed by atoms with van der Waals surface area (Å²) >= 11 is 4.97. The highest BCUT2D eigenvalue weighted by molar-refractivity contribution is 7.85. The minimum atomic E-state index is -4.22. The zero-order valence-corrected chi connectivity index (χ0v) is 15.6. The number of amides is 1. The Labute approximate surface area is 156 Å². The van der Waals surface area contributed by atoms with Crippen molar-refractivity contribution in [3.8, 4) is 5.75 Å². The molecule has 26 heavy (non-hydrogen) atoms. The molecule has 8 nitrogen and oxygen atoms in total. The predicted molar refractivity (Wildman–Crippen MR) is 98.1 cm³/mol. The Balaban J connectivity index is 1.83. The van der Waals surface area contributed by atoms with Gasteiger partial charge in [0.2, 0.25) is 5.88 Å². The fraction of sp³-hybridized carbons (Fsp3) is 0.250. The molecule has 2 aliphatic rings. The van der Waals surface area contributed by atoms with Crippen LogP contribution in [0.4, 0.5) is 5.69 Å². The predicted octanol–water partition coefficient (Wildman–Crippen LogP) is 1.66. The van der Waals surface area contributed by atoms with Gasteiger partial charge in [-0.15, -0.1) is 0 Å². The first kappa shape index (κ1) is 18.4. The molecule has 0 saturated carbocycles. The molecule has 2 aliphatic heterocycles. The van der Waals surface area contributed by atoms with Gasteiger partial charge < -0.3 is 14.4 Å². The number of carbonyl (C=O) groups excluding carboxylic acids is 1. The van der Waals surface area contributed by atoms with Gasteiger partial charge in [-0.1, -0.05) is 12.1 Å². The number of nitrogens with zero attached hydrogens (tertiary/aromatic N) is 2. The van der Waals surface area contributed by atoms with Crippen LogP contribution in [0.2, 0.25) is 0 Å². The largest absolute Gasteiger partial charge is 0.439 e. The van der Waals surface area contributed by atoms with Gasteiger partial charge in [0, 0.05) is 25.2 Å².